The Morgan fingerprint density at radius 2 is 0.660 bits per heavy atom. The lowest BCUT2D eigenvalue weighted by atomic mass is 9.80. The first-order valence-electron chi connectivity index (χ1n) is 17.9. The molecule has 0 aromatic heterocycles. The second-order valence-electron chi connectivity index (χ2n) is 11.9. The number of hydrogen-bond donors (Lipinski definition) is 0. The molecule has 2 aliphatic heterocycles. The molecule has 3 fully saturated rings. The van der Waals surface area contributed by atoms with Crippen molar-refractivity contribution in [3.05, 3.63) is 0 Å². The Bertz CT molecular complexity index is 737. The molecule has 1 saturated carbocycles. The van der Waals surface area contributed by atoms with E-state index in [0.717, 1.165) is 0 Å². The Hall–Kier alpha value is -1.22. The van der Waals surface area contributed by atoms with Gasteiger partial charge < -0.3 is 66.3 Å². The van der Waals surface area contributed by atoms with Crippen LogP contribution >= 0.6 is 0 Å². The van der Waals surface area contributed by atoms with Crippen LogP contribution in [-0.2, 0) is 75.9 Å². The monoisotopic (exact) mass is 724 g/mol. The highest BCUT2D eigenvalue weighted by Gasteiger charge is 2.36. The van der Waals surface area contributed by atoms with Gasteiger partial charge in [-0.2, -0.15) is 0 Å². The summed E-state index contributed by atoms with van der Waals surface area (Å²) in [6.07, 6.45) is -0.468. The van der Waals surface area contributed by atoms with Gasteiger partial charge >= 0.3 is 0 Å². The van der Waals surface area contributed by atoms with Crippen LogP contribution in [0.3, 0.4) is 0 Å². The SMILES string of the molecule is O=C1CC(COCC2COCCOCCOCCOCCOCCO2)C(=O)[C@H](COCC2COCCOCCOCCOCCOCCO2)C1. The topological polar surface area (TPSA) is 163 Å². The Labute approximate surface area is 296 Å². The van der Waals surface area contributed by atoms with Gasteiger partial charge in [0.2, 0.25) is 0 Å². The Balaban J connectivity index is 1.38. The second kappa shape index (κ2) is 30.3. The van der Waals surface area contributed by atoms with E-state index in [0.29, 0.717) is 132 Å². The van der Waals surface area contributed by atoms with Crippen molar-refractivity contribution in [1.29, 1.82) is 0 Å². The molecule has 2 heterocycles. The van der Waals surface area contributed by atoms with Crippen LogP contribution in [0.1, 0.15) is 12.8 Å². The third-order valence-electron chi connectivity index (χ3n) is 7.74. The number of carbonyl (C=O) groups is 2. The fourth-order valence-electron chi connectivity index (χ4n) is 5.16. The molecule has 3 rings (SSSR count). The van der Waals surface area contributed by atoms with Gasteiger partial charge in [0.25, 0.3) is 0 Å². The van der Waals surface area contributed by atoms with Gasteiger partial charge in [0.15, 0.2) is 0 Å². The number of ketones is 2. The molecule has 2 saturated heterocycles. The van der Waals surface area contributed by atoms with Crippen LogP contribution in [0.5, 0.6) is 0 Å². The van der Waals surface area contributed by atoms with Gasteiger partial charge in [-0.1, -0.05) is 0 Å². The lowest BCUT2D eigenvalue weighted by molar-refractivity contribution is -0.144. The van der Waals surface area contributed by atoms with Crippen molar-refractivity contribution < 1.29 is 75.9 Å². The van der Waals surface area contributed by atoms with Gasteiger partial charge in [-0.05, 0) is 0 Å². The van der Waals surface area contributed by atoms with E-state index in [1.54, 1.807) is 0 Å². The largest absolute Gasteiger partial charge is 0.378 e. The molecule has 50 heavy (non-hydrogen) atoms. The number of carbonyl (C=O) groups excluding carboxylic acids is 2. The van der Waals surface area contributed by atoms with E-state index in [9.17, 15) is 9.59 Å². The standard InChI is InChI=1S/C34H60O16/c35-31-21-29(23-47-27-32-25-45-15-13-41-7-5-37-1-3-39-9-11-43-17-19-49-32)34(36)30(22-31)24-48-28-33-26-46-16-14-42-8-6-38-2-4-40-10-12-44-18-20-50-33/h29-30,32-33H,1-28H2/t29-,30?,32?,33?/m0/s1. The highest BCUT2D eigenvalue weighted by Crippen LogP contribution is 2.24. The van der Waals surface area contributed by atoms with Crippen molar-refractivity contribution in [1.82, 2.24) is 0 Å². The predicted octanol–water partition coefficient (Wildman–Crippen LogP) is 0.148. The summed E-state index contributed by atoms with van der Waals surface area (Å²) < 4.78 is 79.3. The number of Topliss-reactive ketones (excluding diaryl/α,β-unsaturated/α-hetero) is 2. The van der Waals surface area contributed by atoms with Crippen LogP contribution in [0.4, 0.5) is 0 Å². The van der Waals surface area contributed by atoms with Gasteiger partial charge in [0.05, 0.1) is 172 Å². The van der Waals surface area contributed by atoms with Crippen molar-refractivity contribution in [2.45, 2.75) is 25.0 Å². The van der Waals surface area contributed by atoms with Crippen LogP contribution in [-0.4, -0.2) is 196 Å². The summed E-state index contributed by atoms with van der Waals surface area (Å²) in [6, 6.07) is 0. The molecule has 0 N–H and O–H groups in total. The van der Waals surface area contributed by atoms with E-state index in [4.69, 9.17) is 66.3 Å². The van der Waals surface area contributed by atoms with Crippen LogP contribution in [0.25, 0.3) is 0 Å². The van der Waals surface area contributed by atoms with Gasteiger partial charge in [0, 0.05) is 24.7 Å². The zero-order valence-electron chi connectivity index (χ0n) is 29.6. The van der Waals surface area contributed by atoms with Crippen LogP contribution in [0, 0.1) is 11.8 Å². The van der Waals surface area contributed by atoms with Gasteiger partial charge in [0.1, 0.15) is 23.8 Å². The van der Waals surface area contributed by atoms with Crippen molar-refractivity contribution in [2.75, 3.05) is 172 Å². The summed E-state index contributed by atoms with van der Waals surface area (Å²) in [5.41, 5.74) is 0. The third kappa shape index (κ3) is 22.0. The quantitative estimate of drug-likeness (QED) is 0.332. The summed E-state index contributed by atoms with van der Waals surface area (Å²) >= 11 is 0. The average molecular weight is 725 g/mol. The van der Waals surface area contributed by atoms with E-state index in [2.05, 4.69) is 0 Å². The lowest BCUT2D eigenvalue weighted by Crippen LogP contribution is -2.39. The number of rotatable bonds is 8. The molecule has 1 aliphatic carbocycles. The van der Waals surface area contributed by atoms with Crippen LogP contribution < -0.4 is 0 Å². The van der Waals surface area contributed by atoms with E-state index < -0.39 is 11.8 Å². The van der Waals surface area contributed by atoms with Crippen LogP contribution in [0.15, 0.2) is 0 Å². The minimum absolute atomic E-state index is 0.0106. The molecule has 4 atom stereocenters. The zero-order chi connectivity index (χ0) is 35.2. The van der Waals surface area contributed by atoms with E-state index in [1.807, 2.05) is 0 Å². The molecule has 292 valence electrons. The normalized spacial score (nSPS) is 28.9. The molecule has 0 bridgehead atoms. The fourth-order valence-corrected chi connectivity index (χ4v) is 5.16. The Morgan fingerprint density at radius 3 is 0.980 bits per heavy atom. The van der Waals surface area contributed by atoms with Crippen molar-refractivity contribution in [3.8, 4) is 0 Å². The van der Waals surface area contributed by atoms with Crippen molar-refractivity contribution >= 4 is 11.6 Å². The molecule has 0 aromatic rings. The fraction of sp³-hybridized carbons (Fsp3) is 0.941. The summed E-state index contributed by atoms with van der Waals surface area (Å²) in [7, 11) is 0. The molecular weight excluding hydrogens is 664 g/mol. The maximum Gasteiger partial charge on any atom is 0.144 e. The van der Waals surface area contributed by atoms with Crippen molar-refractivity contribution in [2.24, 2.45) is 11.8 Å². The smallest absolute Gasteiger partial charge is 0.144 e. The minimum atomic E-state index is -0.550. The maximum absolute atomic E-state index is 13.3. The molecule has 0 aromatic carbocycles. The molecule has 0 amide bonds. The lowest BCUT2D eigenvalue weighted by Gasteiger charge is -2.28. The second-order valence-corrected chi connectivity index (χ2v) is 11.9. The van der Waals surface area contributed by atoms with E-state index in [-0.39, 0.29) is 76.3 Å². The van der Waals surface area contributed by atoms with Gasteiger partial charge in [-0.3, -0.25) is 9.59 Å². The summed E-state index contributed by atoms with van der Waals surface area (Å²) in [4.78, 5) is 26.0. The highest BCUT2D eigenvalue weighted by molar-refractivity contribution is 5.96. The first-order valence-corrected chi connectivity index (χ1v) is 17.9. The molecule has 0 spiro atoms. The van der Waals surface area contributed by atoms with E-state index >= 15 is 0 Å². The maximum atomic E-state index is 13.3. The van der Waals surface area contributed by atoms with Crippen LogP contribution in [0.2, 0.25) is 0 Å². The molecule has 0 radical (unpaired) electrons. The average Bonchev–Trinajstić information content (AvgIpc) is 3.11. The van der Waals surface area contributed by atoms with Gasteiger partial charge in [-0.15, -0.1) is 0 Å². The number of ether oxygens (including phenoxy) is 14. The zero-order valence-corrected chi connectivity index (χ0v) is 29.6. The van der Waals surface area contributed by atoms with Crippen molar-refractivity contribution in [3.63, 3.8) is 0 Å². The van der Waals surface area contributed by atoms with Gasteiger partial charge in [-0.25, -0.2) is 0 Å². The molecular formula is C34H60O16. The molecule has 16 heteroatoms. The molecule has 3 unspecified atom stereocenters. The Kier molecular flexibility index (Phi) is 26.1. The number of hydrogen-bond acceptors (Lipinski definition) is 16. The van der Waals surface area contributed by atoms with E-state index in [1.165, 1.54) is 0 Å². The molecule has 16 nitrogen and oxygen atoms in total. The first-order chi connectivity index (χ1) is 24.7. The summed E-state index contributed by atoms with van der Waals surface area (Å²) in [5, 5.41) is 0. The Morgan fingerprint density at radius 1 is 0.380 bits per heavy atom. The molecule has 3 aliphatic rings. The predicted molar refractivity (Wildman–Crippen MR) is 176 cm³/mol. The first kappa shape index (κ1) is 43.2. The summed E-state index contributed by atoms with van der Waals surface area (Å²) in [6.45, 7) is 10.0. The summed E-state index contributed by atoms with van der Waals surface area (Å²) in [5.74, 6) is -1.13. The third-order valence-corrected chi connectivity index (χ3v) is 7.74. The highest BCUT2D eigenvalue weighted by atomic mass is 16.6. The minimum Gasteiger partial charge on any atom is -0.378 e.